The molecule has 1 aromatic heterocycles. The third-order valence-electron chi connectivity index (χ3n) is 2.23. The van der Waals surface area contributed by atoms with Gasteiger partial charge < -0.3 is 14.9 Å². The van der Waals surface area contributed by atoms with Crippen LogP contribution in [0.5, 0.6) is 11.6 Å². The summed E-state index contributed by atoms with van der Waals surface area (Å²) in [6.45, 7) is -0.0613. The summed E-state index contributed by atoms with van der Waals surface area (Å²) in [4.78, 5) is 18.3. The fraction of sp³-hybridized carbons (Fsp3) is 0.0833. The highest BCUT2D eigenvalue weighted by molar-refractivity contribution is 5.89. The highest BCUT2D eigenvalue weighted by Gasteiger charge is 2.13. The van der Waals surface area contributed by atoms with Crippen LogP contribution >= 0.6 is 0 Å². The van der Waals surface area contributed by atoms with E-state index < -0.39 is 5.97 Å². The lowest BCUT2D eigenvalue weighted by Crippen LogP contribution is -2.02. The summed E-state index contributed by atoms with van der Waals surface area (Å²) in [5.41, 5.74) is 0.632. The van der Waals surface area contributed by atoms with Gasteiger partial charge in [-0.1, -0.05) is 12.1 Å². The Bertz CT molecular complexity index is 554. The molecule has 18 heavy (non-hydrogen) atoms. The van der Waals surface area contributed by atoms with Crippen LogP contribution in [-0.4, -0.2) is 26.2 Å². The van der Waals surface area contributed by atoms with Gasteiger partial charge in [-0.15, -0.1) is 0 Å². The maximum absolute atomic E-state index is 10.9. The number of nitrogens with zero attached hydrogens (tertiary/aromatic N) is 2. The summed E-state index contributed by atoms with van der Waals surface area (Å²) in [6.07, 6.45) is 2.39. The van der Waals surface area contributed by atoms with Crippen LogP contribution in [0.15, 0.2) is 36.8 Å². The van der Waals surface area contributed by atoms with E-state index in [0.29, 0.717) is 5.75 Å². The molecule has 0 atom stereocenters. The molecule has 92 valence electrons. The molecular weight excluding hydrogens is 236 g/mol. The van der Waals surface area contributed by atoms with Crippen molar-refractivity contribution in [1.82, 2.24) is 9.97 Å². The van der Waals surface area contributed by atoms with Gasteiger partial charge in [0.1, 0.15) is 17.6 Å². The summed E-state index contributed by atoms with van der Waals surface area (Å²) < 4.78 is 5.36. The van der Waals surface area contributed by atoms with Gasteiger partial charge in [0.25, 0.3) is 0 Å². The molecule has 6 nitrogen and oxygen atoms in total. The predicted molar refractivity (Wildman–Crippen MR) is 61.4 cm³/mol. The van der Waals surface area contributed by atoms with Gasteiger partial charge in [-0.25, -0.2) is 14.8 Å². The Kier molecular flexibility index (Phi) is 3.49. The molecule has 2 N–H and O–H groups in total. The lowest BCUT2D eigenvalue weighted by Gasteiger charge is -2.06. The van der Waals surface area contributed by atoms with Gasteiger partial charge >= 0.3 is 5.97 Å². The van der Waals surface area contributed by atoms with E-state index in [-0.39, 0.29) is 18.1 Å². The Morgan fingerprint density at radius 1 is 1.28 bits per heavy atom. The number of carboxylic acids is 1. The zero-order valence-electron chi connectivity index (χ0n) is 9.28. The smallest absolute Gasteiger partial charge is 0.342 e. The minimum Gasteiger partial charge on any atom is -0.477 e. The summed E-state index contributed by atoms with van der Waals surface area (Å²) >= 11 is 0. The van der Waals surface area contributed by atoms with E-state index in [4.69, 9.17) is 14.9 Å². The van der Waals surface area contributed by atoms with Crippen LogP contribution in [0.1, 0.15) is 15.9 Å². The first-order valence-corrected chi connectivity index (χ1v) is 5.11. The van der Waals surface area contributed by atoms with Crippen molar-refractivity contribution in [3.63, 3.8) is 0 Å². The Morgan fingerprint density at radius 3 is 2.61 bits per heavy atom. The van der Waals surface area contributed by atoms with Gasteiger partial charge in [0.05, 0.1) is 6.61 Å². The molecule has 0 radical (unpaired) electrons. The van der Waals surface area contributed by atoms with Crippen molar-refractivity contribution in [2.24, 2.45) is 0 Å². The summed E-state index contributed by atoms with van der Waals surface area (Å²) in [7, 11) is 0. The van der Waals surface area contributed by atoms with Crippen molar-refractivity contribution < 1.29 is 19.7 Å². The number of carboxylic acid groups (broad SMARTS) is 1. The van der Waals surface area contributed by atoms with E-state index in [1.807, 2.05) is 0 Å². The summed E-state index contributed by atoms with van der Waals surface area (Å²) in [5.74, 6) is -0.736. The summed E-state index contributed by atoms with van der Waals surface area (Å²) in [5, 5.41) is 17.8. The molecule has 0 aliphatic carbocycles. The van der Waals surface area contributed by atoms with Gasteiger partial charge in [0.15, 0.2) is 0 Å². The van der Waals surface area contributed by atoms with E-state index >= 15 is 0 Å². The Balaban J connectivity index is 2.25. The van der Waals surface area contributed by atoms with Crippen LogP contribution in [0.3, 0.4) is 0 Å². The molecule has 0 unspecified atom stereocenters. The average Bonchev–Trinajstić information content (AvgIpc) is 2.40. The number of hydrogen-bond acceptors (Lipinski definition) is 5. The maximum atomic E-state index is 10.9. The van der Waals surface area contributed by atoms with Crippen LogP contribution in [-0.2, 0) is 6.61 Å². The molecule has 0 saturated heterocycles. The number of ether oxygens (including phenoxy) is 1. The second-order valence-electron chi connectivity index (χ2n) is 3.45. The molecule has 0 spiro atoms. The number of aliphatic hydroxyl groups is 1. The molecule has 0 bridgehead atoms. The summed E-state index contributed by atoms with van der Waals surface area (Å²) in [6, 6.07) is 6.60. The van der Waals surface area contributed by atoms with E-state index in [1.165, 1.54) is 12.5 Å². The third kappa shape index (κ3) is 2.61. The van der Waals surface area contributed by atoms with E-state index in [2.05, 4.69) is 9.97 Å². The number of rotatable bonds is 4. The zero-order valence-corrected chi connectivity index (χ0v) is 9.28. The second-order valence-corrected chi connectivity index (χ2v) is 3.45. The fourth-order valence-electron chi connectivity index (χ4n) is 1.32. The largest absolute Gasteiger partial charge is 0.477 e. The molecule has 2 rings (SSSR count). The Labute approximate surface area is 103 Å². The van der Waals surface area contributed by atoms with Crippen molar-refractivity contribution in [2.45, 2.75) is 6.61 Å². The third-order valence-corrected chi connectivity index (χ3v) is 2.23. The fourth-order valence-corrected chi connectivity index (χ4v) is 1.32. The quantitative estimate of drug-likeness (QED) is 0.848. The zero-order chi connectivity index (χ0) is 13.0. The first-order chi connectivity index (χ1) is 8.70. The molecule has 0 aliphatic heterocycles. The second kappa shape index (κ2) is 5.24. The molecule has 0 aliphatic rings. The predicted octanol–water partition coefficient (Wildman–Crippen LogP) is 1.46. The van der Waals surface area contributed by atoms with Crippen molar-refractivity contribution in [3.05, 3.63) is 47.9 Å². The monoisotopic (exact) mass is 246 g/mol. The van der Waals surface area contributed by atoms with Crippen molar-refractivity contribution in [2.75, 3.05) is 0 Å². The van der Waals surface area contributed by atoms with Crippen LogP contribution in [0.4, 0.5) is 0 Å². The number of carbonyl (C=O) groups is 1. The molecule has 2 aromatic rings. The average molecular weight is 246 g/mol. The van der Waals surface area contributed by atoms with Crippen molar-refractivity contribution in [1.29, 1.82) is 0 Å². The molecule has 0 saturated carbocycles. The maximum Gasteiger partial charge on any atom is 0.342 e. The molecule has 6 heteroatoms. The molecular formula is C12H10N2O4. The number of benzene rings is 1. The van der Waals surface area contributed by atoms with Crippen molar-refractivity contribution in [3.8, 4) is 11.6 Å². The van der Waals surface area contributed by atoms with Gasteiger partial charge in [-0.05, 0) is 17.7 Å². The number of hydrogen-bond donors (Lipinski definition) is 2. The van der Waals surface area contributed by atoms with Crippen LogP contribution < -0.4 is 4.74 Å². The number of aromatic nitrogens is 2. The normalized spacial score (nSPS) is 10.1. The molecule has 0 fully saturated rings. The minimum absolute atomic E-state index is 0.0192. The van der Waals surface area contributed by atoms with E-state index in [0.717, 1.165) is 5.56 Å². The minimum atomic E-state index is -1.16. The van der Waals surface area contributed by atoms with Crippen LogP contribution in [0, 0.1) is 0 Å². The number of aromatic carboxylic acids is 1. The van der Waals surface area contributed by atoms with E-state index in [1.54, 1.807) is 24.3 Å². The highest BCUT2D eigenvalue weighted by Crippen LogP contribution is 2.22. The van der Waals surface area contributed by atoms with Gasteiger partial charge in [-0.2, -0.15) is 0 Å². The number of aliphatic hydroxyl groups excluding tert-OH is 1. The van der Waals surface area contributed by atoms with Crippen molar-refractivity contribution >= 4 is 5.97 Å². The van der Waals surface area contributed by atoms with Gasteiger partial charge in [0.2, 0.25) is 5.88 Å². The topological polar surface area (TPSA) is 92.5 Å². The first-order valence-electron chi connectivity index (χ1n) is 5.11. The molecule has 0 amide bonds. The SMILES string of the molecule is O=C(O)c1cncnc1Oc1ccc(CO)cc1. The Hall–Kier alpha value is -2.47. The molecule has 1 heterocycles. The lowest BCUT2D eigenvalue weighted by molar-refractivity contribution is 0.0693. The van der Waals surface area contributed by atoms with Gasteiger partial charge in [-0.3, -0.25) is 0 Å². The van der Waals surface area contributed by atoms with Gasteiger partial charge in [0, 0.05) is 6.20 Å². The Morgan fingerprint density at radius 2 is 2.00 bits per heavy atom. The lowest BCUT2D eigenvalue weighted by atomic mass is 10.2. The first kappa shape index (κ1) is 12.0. The van der Waals surface area contributed by atoms with Crippen LogP contribution in [0.25, 0.3) is 0 Å². The standard InChI is InChI=1S/C12H10N2O4/c15-6-8-1-3-9(4-2-8)18-11-10(12(16)17)5-13-7-14-11/h1-5,7,15H,6H2,(H,16,17). The molecule has 1 aromatic carbocycles. The van der Waals surface area contributed by atoms with E-state index in [9.17, 15) is 4.79 Å². The van der Waals surface area contributed by atoms with Crippen LogP contribution in [0.2, 0.25) is 0 Å². The highest BCUT2D eigenvalue weighted by atomic mass is 16.5.